The number of benzene rings is 1. The number of rotatable bonds is 9. The van der Waals surface area contributed by atoms with E-state index in [2.05, 4.69) is 25.7 Å². The maximum atomic E-state index is 12.7. The van der Waals surface area contributed by atoms with Gasteiger partial charge in [-0.25, -0.2) is 0 Å². The van der Waals surface area contributed by atoms with Gasteiger partial charge in [0.2, 0.25) is 5.91 Å². The Balaban J connectivity index is 1.51. The number of anilines is 1. The molecule has 29 heavy (non-hydrogen) atoms. The quantitative estimate of drug-likeness (QED) is 0.330. The van der Waals surface area contributed by atoms with E-state index in [0.29, 0.717) is 31.3 Å². The van der Waals surface area contributed by atoms with Crippen molar-refractivity contribution in [1.29, 1.82) is 0 Å². The number of amides is 1. The van der Waals surface area contributed by atoms with Crippen molar-refractivity contribution in [2.45, 2.75) is 38.8 Å². The maximum absolute atomic E-state index is 12.7. The molecule has 2 fully saturated rings. The number of para-hydroxylation sites is 2. The van der Waals surface area contributed by atoms with E-state index in [1.54, 1.807) is 18.2 Å². The van der Waals surface area contributed by atoms with Gasteiger partial charge in [-0.2, -0.15) is 8.78 Å². The predicted octanol–water partition coefficient (Wildman–Crippen LogP) is 1.95. The van der Waals surface area contributed by atoms with E-state index >= 15 is 0 Å². The Morgan fingerprint density at radius 2 is 2.07 bits per heavy atom. The lowest BCUT2D eigenvalue weighted by Crippen LogP contribution is -2.45. The molecule has 0 radical (unpaired) electrons. The normalized spacial score (nSPS) is 19.4. The average Bonchev–Trinajstić information content (AvgIpc) is 3.45. The van der Waals surface area contributed by atoms with E-state index in [1.807, 2.05) is 17.9 Å². The van der Waals surface area contributed by atoms with Crippen LogP contribution in [0.3, 0.4) is 0 Å². The van der Waals surface area contributed by atoms with Crippen LogP contribution >= 0.6 is 0 Å². The molecule has 7 nitrogen and oxygen atoms in total. The number of guanidine groups is 1. The highest BCUT2D eigenvalue weighted by atomic mass is 19.3. The van der Waals surface area contributed by atoms with Crippen LogP contribution in [0.25, 0.3) is 0 Å². The zero-order valence-corrected chi connectivity index (χ0v) is 16.7. The molecular weight excluding hydrogens is 380 g/mol. The third kappa shape index (κ3) is 6.47. The van der Waals surface area contributed by atoms with E-state index in [-0.39, 0.29) is 23.6 Å². The summed E-state index contributed by atoms with van der Waals surface area (Å²) in [6.45, 7) is 2.27. The number of hydrogen-bond acceptors (Lipinski definition) is 4. The number of nitrogens with one attached hydrogen (secondary N) is 3. The fourth-order valence-electron chi connectivity index (χ4n) is 3.36. The molecule has 1 saturated carbocycles. The first-order chi connectivity index (χ1) is 14.1. The topological polar surface area (TPSA) is 78.0 Å². The van der Waals surface area contributed by atoms with E-state index in [4.69, 9.17) is 0 Å². The number of carbonyl (C=O) groups excluding carboxylic acids is 1. The molecule has 3 N–H and O–H groups in total. The number of hydrogen-bond donors (Lipinski definition) is 3. The number of ether oxygens (including phenoxy) is 1. The van der Waals surface area contributed by atoms with Gasteiger partial charge in [0.25, 0.3) is 0 Å². The van der Waals surface area contributed by atoms with Gasteiger partial charge in [-0.3, -0.25) is 9.79 Å². The fourth-order valence-corrected chi connectivity index (χ4v) is 3.36. The zero-order valence-electron chi connectivity index (χ0n) is 16.7. The molecule has 3 rings (SSSR count). The van der Waals surface area contributed by atoms with Crippen molar-refractivity contribution in [3.05, 3.63) is 24.3 Å². The van der Waals surface area contributed by atoms with E-state index < -0.39 is 6.61 Å². The van der Waals surface area contributed by atoms with Crippen LogP contribution in [0, 0.1) is 5.92 Å². The van der Waals surface area contributed by atoms with Crippen LogP contribution in [0.15, 0.2) is 29.3 Å². The summed E-state index contributed by atoms with van der Waals surface area (Å²) in [5.74, 6) is 1.20. The molecule has 1 atom stereocenters. The molecule has 1 aliphatic carbocycles. The van der Waals surface area contributed by atoms with Crippen LogP contribution in [-0.4, -0.2) is 57.2 Å². The third-order valence-electron chi connectivity index (χ3n) is 4.92. The van der Waals surface area contributed by atoms with Crippen LogP contribution < -0.4 is 25.6 Å². The van der Waals surface area contributed by atoms with Crippen molar-refractivity contribution in [3.8, 4) is 5.75 Å². The molecule has 1 amide bonds. The van der Waals surface area contributed by atoms with Gasteiger partial charge in [0.15, 0.2) is 5.96 Å². The second kappa shape index (κ2) is 10.3. The van der Waals surface area contributed by atoms with Crippen molar-refractivity contribution >= 4 is 17.6 Å². The predicted molar refractivity (Wildman–Crippen MR) is 109 cm³/mol. The third-order valence-corrected chi connectivity index (χ3v) is 4.92. The van der Waals surface area contributed by atoms with Crippen molar-refractivity contribution in [2.75, 3.05) is 37.6 Å². The lowest BCUT2D eigenvalue weighted by Gasteiger charge is -2.22. The second-order valence-corrected chi connectivity index (χ2v) is 7.25. The first-order valence-corrected chi connectivity index (χ1v) is 10.2. The standard InChI is InChI=1S/C20H29F2N5O2/c1-2-23-20(25-11-10-24-18(28)14-7-8-14)26-15-9-12-27(13-15)16-5-3-4-6-17(16)29-19(21)22/h3-6,14-15,19H,2,7-13H2,1H3,(H,24,28)(H2,23,25,26). The highest BCUT2D eigenvalue weighted by Crippen LogP contribution is 2.31. The minimum absolute atomic E-state index is 0.120. The molecule has 1 unspecified atom stereocenters. The molecule has 2 aliphatic rings. The lowest BCUT2D eigenvalue weighted by molar-refractivity contribution is -0.122. The summed E-state index contributed by atoms with van der Waals surface area (Å²) >= 11 is 0. The molecule has 0 aromatic heterocycles. The summed E-state index contributed by atoms with van der Waals surface area (Å²) in [4.78, 5) is 18.2. The summed E-state index contributed by atoms with van der Waals surface area (Å²) in [7, 11) is 0. The highest BCUT2D eigenvalue weighted by Gasteiger charge is 2.29. The van der Waals surface area contributed by atoms with Crippen LogP contribution in [0.4, 0.5) is 14.5 Å². The van der Waals surface area contributed by atoms with E-state index in [9.17, 15) is 13.6 Å². The van der Waals surface area contributed by atoms with Gasteiger partial charge in [0.1, 0.15) is 5.75 Å². The smallest absolute Gasteiger partial charge is 0.387 e. The van der Waals surface area contributed by atoms with Crippen molar-refractivity contribution < 1.29 is 18.3 Å². The van der Waals surface area contributed by atoms with Gasteiger partial charge in [0.05, 0.1) is 12.2 Å². The molecule has 0 spiro atoms. The van der Waals surface area contributed by atoms with Crippen LogP contribution in [-0.2, 0) is 4.79 Å². The van der Waals surface area contributed by atoms with Crippen LogP contribution in [0.2, 0.25) is 0 Å². The molecule has 1 aliphatic heterocycles. The van der Waals surface area contributed by atoms with E-state index in [1.165, 1.54) is 0 Å². The molecule has 1 heterocycles. The van der Waals surface area contributed by atoms with Crippen LogP contribution in [0.5, 0.6) is 5.75 Å². The second-order valence-electron chi connectivity index (χ2n) is 7.25. The Kier molecular flexibility index (Phi) is 7.48. The number of carbonyl (C=O) groups is 1. The molecule has 1 aromatic carbocycles. The summed E-state index contributed by atoms with van der Waals surface area (Å²) in [6, 6.07) is 6.99. The Bertz CT molecular complexity index is 712. The zero-order chi connectivity index (χ0) is 20.6. The fraction of sp³-hybridized carbons (Fsp3) is 0.600. The Hall–Kier alpha value is -2.58. The molecule has 9 heteroatoms. The number of halogens is 2. The monoisotopic (exact) mass is 409 g/mol. The van der Waals surface area contributed by atoms with Crippen molar-refractivity contribution in [1.82, 2.24) is 16.0 Å². The largest absolute Gasteiger partial charge is 0.433 e. The van der Waals surface area contributed by atoms with Gasteiger partial charge in [-0.05, 0) is 38.3 Å². The van der Waals surface area contributed by atoms with Crippen molar-refractivity contribution in [3.63, 3.8) is 0 Å². The summed E-state index contributed by atoms with van der Waals surface area (Å²) < 4.78 is 30.0. The summed E-state index contributed by atoms with van der Waals surface area (Å²) in [5.41, 5.74) is 0.668. The Morgan fingerprint density at radius 3 is 2.79 bits per heavy atom. The van der Waals surface area contributed by atoms with Crippen molar-refractivity contribution in [2.24, 2.45) is 10.9 Å². The maximum Gasteiger partial charge on any atom is 0.387 e. The SMILES string of the molecule is CCNC(=NCCNC(=O)C1CC1)NC1CCN(c2ccccc2OC(F)F)C1. The van der Waals surface area contributed by atoms with Gasteiger partial charge >= 0.3 is 6.61 Å². The minimum Gasteiger partial charge on any atom is -0.433 e. The Labute approximate surface area is 169 Å². The minimum atomic E-state index is -2.85. The number of nitrogens with zero attached hydrogens (tertiary/aromatic N) is 2. The molecule has 160 valence electrons. The van der Waals surface area contributed by atoms with Gasteiger partial charge in [0, 0.05) is 38.1 Å². The van der Waals surface area contributed by atoms with Gasteiger partial charge in [-0.15, -0.1) is 0 Å². The highest BCUT2D eigenvalue weighted by molar-refractivity contribution is 5.81. The summed E-state index contributed by atoms with van der Waals surface area (Å²) in [5, 5.41) is 9.51. The van der Waals surface area contributed by atoms with Gasteiger partial charge < -0.3 is 25.6 Å². The average molecular weight is 409 g/mol. The summed E-state index contributed by atoms with van der Waals surface area (Å²) in [6.07, 6.45) is 2.83. The molecule has 1 saturated heterocycles. The van der Waals surface area contributed by atoms with Gasteiger partial charge in [-0.1, -0.05) is 12.1 Å². The number of aliphatic imine (C=N–C) groups is 1. The Morgan fingerprint density at radius 1 is 1.28 bits per heavy atom. The first kappa shape index (κ1) is 21.1. The van der Waals surface area contributed by atoms with Crippen LogP contribution in [0.1, 0.15) is 26.2 Å². The number of alkyl halides is 2. The molecule has 1 aromatic rings. The first-order valence-electron chi connectivity index (χ1n) is 10.2. The molecule has 0 bridgehead atoms. The molecular formula is C20H29F2N5O2. The van der Waals surface area contributed by atoms with E-state index in [0.717, 1.165) is 32.4 Å². The lowest BCUT2D eigenvalue weighted by atomic mass is 10.2.